The van der Waals surface area contributed by atoms with Crippen LogP contribution < -0.4 is 0 Å². The van der Waals surface area contributed by atoms with Crippen LogP contribution in [-0.2, 0) is 0 Å². The molecule has 0 bridgehead atoms. The summed E-state index contributed by atoms with van der Waals surface area (Å²) in [7, 11) is 0. The van der Waals surface area contributed by atoms with Gasteiger partial charge in [0.05, 0.1) is 0 Å². The molecule has 0 aromatic rings. The molecular weight excluding hydrogens is 140 g/mol. The van der Waals surface area contributed by atoms with Gasteiger partial charge in [0.1, 0.15) is 5.38 Å². The van der Waals surface area contributed by atoms with E-state index in [-0.39, 0.29) is 6.42 Å². The van der Waals surface area contributed by atoms with E-state index < -0.39 is 17.5 Å². The Morgan fingerprint density at radius 3 is 2.12 bits per heavy atom. The summed E-state index contributed by atoms with van der Waals surface area (Å²) in [5.41, 5.74) is 0. The van der Waals surface area contributed by atoms with Crippen molar-refractivity contribution in [3.05, 3.63) is 6.17 Å². The van der Waals surface area contributed by atoms with Crippen molar-refractivity contribution >= 4 is 11.6 Å². The van der Waals surface area contributed by atoms with E-state index in [1.165, 1.54) is 0 Å². The Bertz CT molecular complexity index is 93.5. The largest absolute Gasteiger partial charge is 0.301 e. The summed E-state index contributed by atoms with van der Waals surface area (Å²) in [6.45, 7) is 0. The molecule has 8 heavy (non-hydrogen) atoms. The summed E-state index contributed by atoms with van der Waals surface area (Å²) in [6.07, 6.45) is -1.59. The van der Waals surface area contributed by atoms with Crippen molar-refractivity contribution in [2.75, 3.05) is 0 Å². The molecular formula is C4H3ClF3. The smallest absolute Gasteiger partial charge is 0.233 e. The third kappa shape index (κ3) is 0.607. The molecule has 1 unspecified atom stereocenters. The lowest BCUT2D eigenvalue weighted by Gasteiger charge is -2.33. The van der Waals surface area contributed by atoms with Crippen molar-refractivity contribution in [1.29, 1.82) is 0 Å². The maximum atomic E-state index is 11.8. The lowest BCUT2D eigenvalue weighted by atomic mass is 9.92. The lowest BCUT2D eigenvalue weighted by molar-refractivity contribution is -0.0767. The molecule has 0 N–H and O–H groups in total. The quantitative estimate of drug-likeness (QED) is 0.456. The normalized spacial score (nSPS) is 36.8. The molecule has 1 fully saturated rings. The van der Waals surface area contributed by atoms with E-state index in [1.54, 1.807) is 0 Å². The first-order chi connectivity index (χ1) is 3.55. The van der Waals surface area contributed by atoms with Gasteiger partial charge in [0.15, 0.2) is 0 Å². The Kier molecular flexibility index (Phi) is 1.19. The summed E-state index contributed by atoms with van der Waals surface area (Å²) >= 11 is 4.92. The highest BCUT2D eigenvalue weighted by Gasteiger charge is 2.59. The van der Waals surface area contributed by atoms with Gasteiger partial charge in [-0.3, -0.25) is 0 Å². The highest BCUT2D eigenvalue weighted by Crippen LogP contribution is 2.49. The third-order valence-corrected chi connectivity index (χ3v) is 1.54. The van der Waals surface area contributed by atoms with Gasteiger partial charge in [-0.25, -0.2) is 13.2 Å². The van der Waals surface area contributed by atoms with Crippen LogP contribution in [0.3, 0.4) is 0 Å². The summed E-state index contributed by atoms with van der Waals surface area (Å²) in [6, 6.07) is 0. The number of rotatable bonds is 0. The average Bonchev–Trinajstić information content (AvgIpc) is 1.68. The van der Waals surface area contributed by atoms with Gasteiger partial charge in [0.2, 0.25) is 6.17 Å². The van der Waals surface area contributed by atoms with Crippen LogP contribution in [-0.4, -0.2) is 11.3 Å². The highest BCUT2D eigenvalue weighted by atomic mass is 35.5. The number of hydrogen-bond acceptors (Lipinski definition) is 0. The Balaban J connectivity index is 2.52. The lowest BCUT2D eigenvalue weighted by Crippen LogP contribution is -2.46. The second kappa shape index (κ2) is 1.53. The summed E-state index contributed by atoms with van der Waals surface area (Å²) in [4.78, 5) is 0. The maximum Gasteiger partial charge on any atom is 0.301 e. The molecule has 1 atom stereocenters. The van der Waals surface area contributed by atoms with Gasteiger partial charge >= 0.3 is 5.92 Å². The van der Waals surface area contributed by atoms with Crippen LogP contribution in [0.4, 0.5) is 13.2 Å². The maximum absolute atomic E-state index is 11.8. The zero-order valence-electron chi connectivity index (χ0n) is 3.80. The minimum Gasteiger partial charge on any atom is -0.233 e. The number of alkyl halides is 3. The zero-order valence-corrected chi connectivity index (χ0v) is 4.55. The van der Waals surface area contributed by atoms with Crippen LogP contribution in [0.5, 0.6) is 0 Å². The molecule has 0 aromatic carbocycles. The van der Waals surface area contributed by atoms with Crippen LogP contribution in [0.2, 0.25) is 0 Å². The van der Waals surface area contributed by atoms with Crippen molar-refractivity contribution in [2.45, 2.75) is 17.7 Å². The Hall–Kier alpha value is 0.0800. The molecule has 47 valence electrons. The second-order valence-corrected chi connectivity index (χ2v) is 2.23. The van der Waals surface area contributed by atoms with Gasteiger partial charge < -0.3 is 0 Å². The molecule has 0 nitrogen and oxygen atoms in total. The second-order valence-electron chi connectivity index (χ2n) is 1.70. The molecule has 0 heterocycles. The average molecular weight is 144 g/mol. The van der Waals surface area contributed by atoms with E-state index in [0.29, 0.717) is 0 Å². The predicted octanol–water partition coefficient (Wildman–Crippen LogP) is 2.13. The molecule has 0 saturated heterocycles. The van der Waals surface area contributed by atoms with Crippen LogP contribution in [0.25, 0.3) is 0 Å². The fourth-order valence-electron chi connectivity index (χ4n) is 0.460. The van der Waals surface area contributed by atoms with Crippen LogP contribution in [0.15, 0.2) is 0 Å². The fourth-order valence-corrected chi connectivity index (χ4v) is 0.714. The van der Waals surface area contributed by atoms with Gasteiger partial charge in [0.25, 0.3) is 0 Å². The molecule has 0 aromatic heterocycles. The molecule has 1 saturated carbocycles. The first-order valence-corrected chi connectivity index (χ1v) is 2.52. The monoisotopic (exact) mass is 143 g/mol. The van der Waals surface area contributed by atoms with Gasteiger partial charge in [0, 0.05) is 6.42 Å². The van der Waals surface area contributed by atoms with E-state index in [0.717, 1.165) is 0 Å². The fraction of sp³-hybridized carbons (Fsp3) is 0.750. The molecule has 1 radical (unpaired) electrons. The Morgan fingerprint density at radius 1 is 1.62 bits per heavy atom. The van der Waals surface area contributed by atoms with Crippen LogP contribution >= 0.6 is 11.6 Å². The SMILES string of the molecule is F[C]1CC(Cl)C1(F)F. The van der Waals surface area contributed by atoms with E-state index in [1.807, 2.05) is 0 Å². The van der Waals surface area contributed by atoms with Crippen molar-refractivity contribution in [2.24, 2.45) is 0 Å². The third-order valence-electron chi connectivity index (χ3n) is 1.11. The van der Waals surface area contributed by atoms with Crippen LogP contribution in [0.1, 0.15) is 6.42 Å². The molecule has 0 spiro atoms. The topological polar surface area (TPSA) is 0 Å². The summed E-state index contributed by atoms with van der Waals surface area (Å²) in [5, 5.41) is -1.32. The molecule has 1 aliphatic rings. The first-order valence-electron chi connectivity index (χ1n) is 2.09. The zero-order chi connectivity index (χ0) is 6.36. The van der Waals surface area contributed by atoms with Gasteiger partial charge in [-0.15, -0.1) is 11.6 Å². The van der Waals surface area contributed by atoms with E-state index in [4.69, 9.17) is 11.6 Å². The summed E-state index contributed by atoms with van der Waals surface area (Å²) < 4.78 is 35.2. The molecule has 4 heteroatoms. The molecule has 0 aliphatic heterocycles. The molecule has 0 amide bonds. The standard InChI is InChI=1S/C4H3ClF3/c5-2-1-3(6)4(2,7)8/h2H,1H2. The van der Waals surface area contributed by atoms with Crippen molar-refractivity contribution in [1.82, 2.24) is 0 Å². The predicted molar refractivity (Wildman–Crippen MR) is 23.6 cm³/mol. The van der Waals surface area contributed by atoms with E-state index in [9.17, 15) is 13.2 Å². The summed E-state index contributed by atoms with van der Waals surface area (Å²) in [5.74, 6) is -3.35. The Morgan fingerprint density at radius 2 is 2.12 bits per heavy atom. The van der Waals surface area contributed by atoms with Crippen molar-refractivity contribution in [3.8, 4) is 0 Å². The first kappa shape index (κ1) is 6.20. The molecule has 1 aliphatic carbocycles. The number of halogens is 4. The van der Waals surface area contributed by atoms with Crippen molar-refractivity contribution in [3.63, 3.8) is 0 Å². The van der Waals surface area contributed by atoms with Gasteiger partial charge in [-0.1, -0.05) is 0 Å². The highest BCUT2D eigenvalue weighted by molar-refractivity contribution is 6.22. The van der Waals surface area contributed by atoms with E-state index in [2.05, 4.69) is 0 Å². The van der Waals surface area contributed by atoms with Gasteiger partial charge in [-0.05, 0) is 0 Å². The van der Waals surface area contributed by atoms with Crippen molar-refractivity contribution < 1.29 is 13.2 Å². The Labute approximate surface area is 49.6 Å². The molecule has 1 rings (SSSR count). The van der Waals surface area contributed by atoms with E-state index >= 15 is 0 Å². The minimum atomic E-state index is -3.35. The van der Waals surface area contributed by atoms with Gasteiger partial charge in [-0.2, -0.15) is 0 Å². The number of hydrogen-bond donors (Lipinski definition) is 0. The van der Waals surface area contributed by atoms with Crippen LogP contribution in [0, 0.1) is 6.17 Å². The minimum absolute atomic E-state index is 0.297.